The molecule has 1 nitrogen and oxygen atoms in total. The lowest BCUT2D eigenvalue weighted by atomic mass is 10.0. The van der Waals surface area contributed by atoms with Gasteiger partial charge in [0.2, 0.25) is 0 Å². The van der Waals surface area contributed by atoms with Crippen LogP contribution in [0.4, 0.5) is 8.78 Å². The van der Waals surface area contributed by atoms with Crippen molar-refractivity contribution in [1.82, 2.24) is 4.98 Å². The molecule has 0 radical (unpaired) electrons. The molecule has 0 aromatic carbocycles. The van der Waals surface area contributed by atoms with E-state index in [0.29, 0.717) is 5.92 Å². The highest BCUT2D eigenvalue weighted by atomic mass is 19.2. The molecule has 14 heavy (non-hydrogen) atoms. The van der Waals surface area contributed by atoms with Gasteiger partial charge in [0.25, 0.3) is 0 Å². The number of hydrogen-bond donors (Lipinski definition) is 0. The van der Waals surface area contributed by atoms with E-state index in [0.717, 1.165) is 12.0 Å². The molecule has 0 fully saturated rings. The molecule has 0 spiro atoms. The first-order valence-corrected chi connectivity index (χ1v) is 4.84. The summed E-state index contributed by atoms with van der Waals surface area (Å²) in [7, 11) is 0. The van der Waals surface area contributed by atoms with Crippen LogP contribution in [0, 0.1) is 0 Å². The molecule has 0 saturated heterocycles. The Morgan fingerprint density at radius 1 is 1.43 bits per heavy atom. The average Bonchev–Trinajstić information content (AvgIpc) is 2.27. The second kappa shape index (κ2) is 5.03. The van der Waals surface area contributed by atoms with E-state index in [4.69, 9.17) is 0 Å². The Hall–Kier alpha value is -0.990. The highest BCUT2D eigenvalue weighted by Gasteiger charge is 2.11. The zero-order valence-electron chi connectivity index (χ0n) is 8.50. The summed E-state index contributed by atoms with van der Waals surface area (Å²) in [6, 6.07) is 3.38. The number of rotatable bonds is 4. The molecule has 1 rings (SSSR count). The van der Waals surface area contributed by atoms with Gasteiger partial charge in [0, 0.05) is 6.20 Å². The molecule has 0 saturated carbocycles. The molecular weight excluding hydrogens is 184 g/mol. The van der Waals surface area contributed by atoms with E-state index in [1.165, 1.54) is 0 Å². The molecule has 0 amide bonds. The van der Waals surface area contributed by atoms with Crippen LogP contribution < -0.4 is 0 Å². The second-order valence-electron chi connectivity index (χ2n) is 3.45. The van der Waals surface area contributed by atoms with Gasteiger partial charge in [-0.3, -0.25) is 4.98 Å². The molecule has 2 atom stereocenters. The Morgan fingerprint density at radius 2 is 2.14 bits per heavy atom. The fourth-order valence-corrected chi connectivity index (χ4v) is 1.21. The molecule has 3 heteroatoms. The molecule has 1 heterocycles. The highest BCUT2D eigenvalue weighted by Crippen LogP contribution is 2.20. The summed E-state index contributed by atoms with van der Waals surface area (Å²) < 4.78 is 24.8. The van der Waals surface area contributed by atoms with Gasteiger partial charge in [0.1, 0.15) is 6.67 Å². The third-order valence-corrected chi connectivity index (χ3v) is 2.45. The molecule has 0 bridgehead atoms. The van der Waals surface area contributed by atoms with Crippen LogP contribution in [0.5, 0.6) is 0 Å². The largest absolute Gasteiger partial charge is 0.258 e. The number of pyridine rings is 1. The van der Waals surface area contributed by atoms with Crippen molar-refractivity contribution >= 4 is 0 Å². The van der Waals surface area contributed by atoms with Crippen molar-refractivity contribution in [3.8, 4) is 0 Å². The minimum atomic E-state index is -1.58. The number of aromatic nitrogens is 1. The number of hydrogen-bond acceptors (Lipinski definition) is 1. The fraction of sp³-hybridized carbons (Fsp3) is 0.545. The monoisotopic (exact) mass is 199 g/mol. The summed E-state index contributed by atoms with van der Waals surface area (Å²) in [6.45, 7) is 3.16. The van der Waals surface area contributed by atoms with E-state index in [2.05, 4.69) is 18.8 Å². The predicted molar refractivity (Wildman–Crippen MR) is 52.8 cm³/mol. The van der Waals surface area contributed by atoms with E-state index in [9.17, 15) is 8.78 Å². The normalized spacial score (nSPS) is 15.1. The highest BCUT2D eigenvalue weighted by molar-refractivity contribution is 5.18. The molecule has 0 aliphatic rings. The van der Waals surface area contributed by atoms with E-state index < -0.39 is 12.8 Å². The van der Waals surface area contributed by atoms with Crippen LogP contribution in [0.3, 0.4) is 0 Å². The zero-order chi connectivity index (χ0) is 10.6. The van der Waals surface area contributed by atoms with Gasteiger partial charge in [-0.05, 0) is 24.0 Å². The fourth-order valence-electron chi connectivity index (χ4n) is 1.21. The summed E-state index contributed by atoms with van der Waals surface area (Å²) in [5.74, 6) is 0.417. The topological polar surface area (TPSA) is 12.9 Å². The van der Waals surface area contributed by atoms with Gasteiger partial charge in [0.05, 0.1) is 5.69 Å². The van der Waals surface area contributed by atoms with Crippen LogP contribution >= 0.6 is 0 Å². The lowest BCUT2D eigenvalue weighted by Gasteiger charge is -2.09. The lowest BCUT2D eigenvalue weighted by Crippen LogP contribution is -1.99. The van der Waals surface area contributed by atoms with Gasteiger partial charge in [0.15, 0.2) is 6.17 Å². The van der Waals surface area contributed by atoms with Crippen molar-refractivity contribution in [2.45, 2.75) is 32.4 Å². The predicted octanol–water partition coefficient (Wildman–Crippen LogP) is 3.58. The maximum Gasteiger partial charge on any atom is 0.170 e. The first-order valence-electron chi connectivity index (χ1n) is 4.84. The quantitative estimate of drug-likeness (QED) is 0.722. The minimum absolute atomic E-state index is 0.180. The Kier molecular flexibility index (Phi) is 3.98. The van der Waals surface area contributed by atoms with Crippen LogP contribution in [0.15, 0.2) is 18.3 Å². The summed E-state index contributed by atoms with van der Waals surface area (Å²) in [6.07, 6.45) is 1.07. The Balaban J connectivity index is 2.78. The number of nitrogens with zero attached hydrogens (tertiary/aromatic N) is 1. The molecule has 78 valence electrons. The standard InChI is InChI=1S/C11H15F2N/c1-3-8(2)9-4-5-11(14-7-9)10(13)6-12/h4-5,7-8,10H,3,6H2,1-2H3. The first kappa shape index (κ1) is 11.1. The van der Waals surface area contributed by atoms with Crippen molar-refractivity contribution in [2.24, 2.45) is 0 Å². The second-order valence-corrected chi connectivity index (χ2v) is 3.45. The molecule has 1 aromatic rings. The van der Waals surface area contributed by atoms with E-state index >= 15 is 0 Å². The summed E-state index contributed by atoms with van der Waals surface area (Å²) >= 11 is 0. The van der Waals surface area contributed by atoms with E-state index in [1.54, 1.807) is 12.3 Å². The third-order valence-electron chi connectivity index (χ3n) is 2.45. The molecular formula is C11H15F2N. The van der Waals surface area contributed by atoms with Gasteiger partial charge in [-0.2, -0.15) is 0 Å². The SMILES string of the molecule is CCC(C)c1ccc(C(F)CF)nc1. The van der Waals surface area contributed by atoms with Gasteiger partial charge in [-0.1, -0.05) is 19.9 Å². The van der Waals surface area contributed by atoms with Crippen LogP contribution in [-0.4, -0.2) is 11.7 Å². The lowest BCUT2D eigenvalue weighted by molar-refractivity contribution is 0.260. The van der Waals surface area contributed by atoms with Crippen LogP contribution in [0.25, 0.3) is 0 Å². The minimum Gasteiger partial charge on any atom is -0.258 e. The maximum atomic E-state index is 12.8. The van der Waals surface area contributed by atoms with Crippen molar-refractivity contribution in [2.75, 3.05) is 6.67 Å². The maximum absolute atomic E-state index is 12.8. The van der Waals surface area contributed by atoms with Crippen molar-refractivity contribution < 1.29 is 8.78 Å². The van der Waals surface area contributed by atoms with Crippen molar-refractivity contribution in [3.05, 3.63) is 29.6 Å². The molecule has 0 aliphatic carbocycles. The van der Waals surface area contributed by atoms with Crippen LogP contribution in [0.1, 0.15) is 43.6 Å². The molecule has 0 aliphatic heterocycles. The Labute approximate surface area is 83.2 Å². The van der Waals surface area contributed by atoms with Crippen molar-refractivity contribution in [1.29, 1.82) is 0 Å². The molecule has 0 N–H and O–H groups in total. The summed E-state index contributed by atoms with van der Waals surface area (Å²) in [5.41, 5.74) is 1.25. The van der Waals surface area contributed by atoms with Gasteiger partial charge in [-0.15, -0.1) is 0 Å². The average molecular weight is 199 g/mol. The van der Waals surface area contributed by atoms with E-state index in [1.807, 2.05) is 6.07 Å². The van der Waals surface area contributed by atoms with Gasteiger partial charge in [-0.25, -0.2) is 8.78 Å². The smallest absolute Gasteiger partial charge is 0.170 e. The van der Waals surface area contributed by atoms with Crippen LogP contribution in [0.2, 0.25) is 0 Å². The first-order chi connectivity index (χ1) is 6.69. The van der Waals surface area contributed by atoms with Crippen molar-refractivity contribution in [3.63, 3.8) is 0 Å². The third kappa shape index (κ3) is 2.50. The molecule has 2 unspecified atom stereocenters. The Morgan fingerprint density at radius 3 is 2.57 bits per heavy atom. The van der Waals surface area contributed by atoms with E-state index in [-0.39, 0.29) is 5.69 Å². The molecule has 1 aromatic heterocycles. The van der Waals surface area contributed by atoms with Gasteiger partial charge >= 0.3 is 0 Å². The Bertz CT molecular complexity index is 242. The van der Waals surface area contributed by atoms with Crippen LogP contribution in [-0.2, 0) is 0 Å². The zero-order valence-corrected chi connectivity index (χ0v) is 8.50. The number of halogens is 2. The number of alkyl halides is 2. The summed E-state index contributed by atoms with van der Waals surface area (Å²) in [4.78, 5) is 3.90. The summed E-state index contributed by atoms with van der Waals surface area (Å²) in [5, 5.41) is 0. The van der Waals surface area contributed by atoms with Gasteiger partial charge < -0.3 is 0 Å².